The van der Waals surface area contributed by atoms with Gasteiger partial charge in [-0.1, -0.05) is 11.6 Å². The minimum absolute atomic E-state index is 0.154. The van der Waals surface area contributed by atoms with Crippen molar-refractivity contribution in [1.29, 1.82) is 0 Å². The summed E-state index contributed by atoms with van der Waals surface area (Å²) in [6.07, 6.45) is 0.678. The molecule has 0 aliphatic rings. The lowest BCUT2D eigenvalue weighted by Gasteiger charge is -2.07. The number of nitrogens with one attached hydrogen (secondary N) is 1. The van der Waals surface area contributed by atoms with Crippen LogP contribution >= 0.6 is 11.6 Å². The Morgan fingerprint density at radius 2 is 2.25 bits per heavy atom. The van der Waals surface area contributed by atoms with E-state index in [1.165, 1.54) is 6.07 Å². The second-order valence-electron chi connectivity index (χ2n) is 3.48. The zero-order valence-corrected chi connectivity index (χ0v) is 9.77. The van der Waals surface area contributed by atoms with Crippen molar-refractivity contribution in [2.45, 2.75) is 13.3 Å². The van der Waals surface area contributed by atoms with Gasteiger partial charge in [0.1, 0.15) is 5.82 Å². The van der Waals surface area contributed by atoms with Gasteiger partial charge in [-0.25, -0.2) is 4.39 Å². The van der Waals surface area contributed by atoms with Crippen molar-refractivity contribution in [2.75, 3.05) is 13.1 Å². The fourth-order valence-electron chi connectivity index (χ4n) is 1.22. The number of benzene rings is 1. The molecule has 1 rings (SSSR count). The third-order valence-electron chi connectivity index (χ3n) is 2.16. The quantitative estimate of drug-likeness (QED) is 0.795. The van der Waals surface area contributed by atoms with E-state index in [1.807, 2.05) is 0 Å². The Bertz CT molecular complexity index is 396. The van der Waals surface area contributed by atoms with Crippen molar-refractivity contribution in [3.8, 4) is 0 Å². The minimum atomic E-state index is -0.437. The molecule has 0 aliphatic carbocycles. The zero-order valence-electron chi connectivity index (χ0n) is 9.02. The van der Waals surface area contributed by atoms with Crippen LogP contribution < -0.4 is 11.1 Å². The van der Waals surface area contributed by atoms with Crippen LogP contribution in [0.5, 0.6) is 0 Å². The lowest BCUT2D eigenvalue weighted by molar-refractivity contribution is 0.0953. The van der Waals surface area contributed by atoms with Crippen molar-refractivity contribution >= 4 is 17.5 Å². The van der Waals surface area contributed by atoms with Crippen LogP contribution in [0.4, 0.5) is 4.39 Å². The van der Waals surface area contributed by atoms with Crippen LogP contribution in [0.25, 0.3) is 0 Å². The molecule has 0 heterocycles. The molecule has 1 amide bonds. The van der Waals surface area contributed by atoms with Crippen LogP contribution in [-0.4, -0.2) is 19.0 Å². The fourth-order valence-corrected chi connectivity index (χ4v) is 1.52. The molecule has 0 aromatic heterocycles. The Kier molecular flexibility index (Phi) is 4.71. The first-order valence-electron chi connectivity index (χ1n) is 5.00. The molecule has 0 aliphatic heterocycles. The summed E-state index contributed by atoms with van der Waals surface area (Å²) in [6.45, 7) is 2.55. The molecule has 1 aromatic carbocycles. The average molecular weight is 245 g/mol. The number of hydrogen-bond acceptors (Lipinski definition) is 2. The number of amides is 1. The number of hydrogen-bond donors (Lipinski definition) is 2. The monoisotopic (exact) mass is 244 g/mol. The third-order valence-corrected chi connectivity index (χ3v) is 2.47. The molecular weight excluding hydrogens is 231 g/mol. The average Bonchev–Trinajstić information content (AvgIpc) is 2.23. The normalized spacial score (nSPS) is 10.2. The van der Waals surface area contributed by atoms with Gasteiger partial charge < -0.3 is 11.1 Å². The minimum Gasteiger partial charge on any atom is -0.352 e. The summed E-state index contributed by atoms with van der Waals surface area (Å²) in [4.78, 5) is 11.6. The first-order valence-corrected chi connectivity index (χ1v) is 5.38. The molecule has 16 heavy (non-hydrogen) atoms. The van der Waals surface area contributed by atoms with Gasteiger partial charge in [-0.05, 0) is 37.6 Å². The van der Waals surface area contributed by atoms with Gasteiger partial charge in [0.05, 0.1) is 10.6 Å². The van der Waals surface area contributed by atoms with Crippen molar-refractivity contribution in [3.63, 3.8) is 0 Å². The highest BCUT2D eigenvalue weighted by Gasteiger charge is 2.12. The molecule has 0 bridgehead atoms. The SMILES string of the molecule is Cc1cc(Cl)c(C(=O)NCCCN)cc1F. The van der Waals surface area contributed by atoms with Crippen LogP contribution in [0.2, 0.25) is 5.02 Å². The van der Waals surface area contributed by atoms with Crippen molar-refractivity contribution in [3.05, 3.63) is 34.1 Å². The molecule has 0 saturated carbocycles. The predicted molar refractivity (Wildman–Crippen MR) is 62.2 cm³/mol. The van der Waals surface area contributed by atoms with E-state index < -0.39 is 5.82 Å². The maximum atomic E-state index is 13.2. The molecule has 88 valence electrons. The number of nitrogens with two attached hydrogens (primary N) is 1. The van der Waals surface area contributed by atoms with E-state index in [0.717, 1.165) is 6.07 Å². The van der Waals surface area contributed by atoms with Gasteiger partial charge in [-0.15, -0.1) is 0 Å². The van der Waals surface area contributed by atoms with Crippen LogP contribution in [0.1, 0.15) is 22.3 Å². The maximum Gasteiger partial charge on any atom is 0.252 e. The maximum absolute atomic E-state index is 13.2. The van der Waals surface area contributed by atoms with E-state index in [1.54, 1.807) is 6.92 Å². The Hall–Kier alpha value is -1.13. The zero-order chi connectivity index (χ0) is 12.1. The molecule has 0 saturated heterocycles. The van der Waals surface area contributed by atoms with E-state index in [9.17, 15) is 9.18 Å². The molecule has 0 spiro atoms. The largest absolute Gasteiger partial charge is 0.352 e. The van der Waals surface area contributed by atoms with Crippen LogP contribution in [-0.2, 0) is 0 Å². The third kappa shape index (κ3) is 3.18. The van der Waals surface area contributed by atoms with E-state index in [2.05, 4.69) is 5.32 Å². The number of rotatable bonds is 4. The summed E-state index contributed by atoms with van der Waals surface area (Å²) in [5.74, 6) is -0.814. The molecule has 3 nitrogen and oxygen atoms in total. The van der Waals surface area contributed by atoms with Gasteiger partial charge >= 0.3 is 0 Å². The van der Waals surface area contributed by atoms with Gasteiger partial charge in [0.2, 0.25) is 0 Å². The number of halogens is 2. The molecule has 5 heteroatoms. The van der Waals surface area contributed by atoms with Gasteiger partial charge in [0, 0.05) is 6.54 Å². The molecule has 0 fully saturated rings. The number of carbonyl (C=O) groups is 1. The summed E-state index contributed by atoms with van der Waals surface area (Å²) in [7, 11) is 0. The van der Waals surface area contributed by atoms with Crippen LogP contribution in [0.3, 0.4) is 0 Å². The fraction of sp³-hybridized carbons (Fsp3) is 0.364. The molecule has 3 N–H and O–H groups in total. The second kappa shape index (κ2) is 5.82. The van der Waals surface area contributed by atoms with Crippen molar-refractivity contribution in [2.24, 2.45) is 5.73 Å². The first kappa shape index (κ1) is 12.9. The summed E-state index contributed by atoms with van der Waals surface area (Å²) < 4.78 is 13.2. The second-order valence-corrected chi connectivity index (χ2v) is 3.89. The van der Waals surface area contributed by atoms with Gasteiger partial charge in [0.15, 0.2) is 0 Å². The van der Waals surface area contributed by atoms with Crippen molar-refractivity contribution < 1.29 is 9.18 Å². The Balaban J connectivity index is 2.79. The highest BCUT2D eigenvalue weighted by molar-refractivity contribution is 6.33. The lowest BCUT2D eigenvalue weighted by atomic mass is 10.1. The molecule has 1 aromatic rings. The Labute approximate surface area is 98.8 Å². The van der Waals surface area contributed by atoms with E-state index in [-0.39, 0.29) is 16.5 Å². The summed E-state index contributed by atoms with van der Waals surface area (Å²) >= 11 is 5.86. The topological polar surface area (TPSA) is 55.1 Å². The summed E-state index contributed by atoms with van der Waals surface area (Å²) in [6, 6.07) is 2.59. The van der Waals surface area contributed by atoms with Crippen molar-refractivity contribution in [1.82, 2.24) is 5.32 Å². The number of aryl methyl sites for hydroxylation is 1. The first-order chi connectivity index (χ1) is 7.56. The van der Waals surface area contributed by atoms with Gasteiger partial charge in [0.25, 0.3) is 5.91 Å². The highest BCUT2D eigenvalue weighted by atomic mass is 35.5. The standard InChI is InChI=1S/C11H14ClFN2O/c1-7-5-9(12)8(6-10(7)13)11(16)15-4-2-3-14/h5-6H,2-4,14H2,1H3,(H,15,16). The molecule has 0 atom stereocenters. The smallest absolute Gasteiger partial charge is 0.252 e. The highest BCUT2D eigenvalue weighted by Crippen LogP contribution is 2.20. The van der Waals surface area contributed by atoms with E-state index in [0.29, 0.717) is 25.1 Å². The molecule has 0 unspecified atom stereocenters. The molecule has 0 radical (unpaired) electrons. The van der Waals surface area contributed by atoms with Crippen LogP contribution in [0, 0.1) is 12.7 Å². The van der Waals surface area contributed by atoms with E-state index in [4.69, 9.17) is 17.3 Å². The summed E-state index contributed by atoms with van der Waals surface area (Å²) in [5, 5.41) is 2.87. The van der Waals surface area contributed by atoms with Gasteiger partial charge in [-0.2, -0.15) is 0 Å². The number of carbonyl (C=O) groups excluding carboxylic acids is 1. The lowest BCUT2D eigenvalue weighted by Crippen LogP contribution is -2.26. The predicted octanol–water partition coefficient (Wildman–Crippen LogP) is 1.87. The van der Waals surface area contributed by atoms with Gasteiger partial charge in [-0.3, -0.25) is 4.79 Å². The molecular formula is C11H14ClFN2O. The van der Waals surface area contributed by atoms with E-state index >= 15 is 0 Å². The Morgan fingerprint density at radius 1 is 1.56 bits per heavy atom. The summed E-state index contributed by atoms with van der Waals surface area (Å²) in [5.41, 5.74) is 5.86. The Morgan fingerprint density at radius 3 is 2.88 bits per heavy atom. The van der Waals surface area contributed by atoms with Crippen LogP contribution in [0.15, 0.2) is 12.1 Å².